The van der Waals surface area contributed by atoms with Gasteiger partial charge >= 0.3 is 14.6 Å². The number of alkyl halides is 3. The fourth-order valence-electron chi connectivity index (χ4n) is 0.625. The zero-order valence-electron chi connectivity index (χ0n) is 6.82. The van der Waals surface area contributed by atoms with E-state index in [9.17, 15) is 13.2 Å². The molecule has 0 heterocycles. The van der Waals surface area contributed by atoms with Crippen molar-refractivity contribution < 1.29 is 41.8 Å². The molecular weight excluding hydrogens is 229 g/mol. The molecule has 0 aromatic carbocycles. The van der Waals surface area contributed by atoms with E-state index in [0.717, 1.165) is 0 Å². The Kier molecular flexibility index (Phi) is 5.51. The zero-order valence-corrected chi connectivity index (χ0v) is 7.82. The van der Waals surface area contributed by atoms with Crippen LogP contribution in [0.25, 0.3) is 0 Å². The lowest BCUT2D eigenvalue weighted by atomic mass is 11.5. The molecule has 0 bridgehead atoms. The van der Waals surface area contributed by atoms with Gasteiger partial charge in [-0.25, -0.2) is 0 Å². The summed E-state index contributed by atoms with van der Waals surface area (Å²) in [6.07, 6.45) is 0. The van der Waals surface area contributed by atoms with E-state index < -0.39 is 35.0 Å². The maximum Gasteiger partial charge on any atom is 0.621 e. The molecule has 6 nitrogen and oxygen atoms in total. The average molecular weight is 238 g/mol. The summed E-state index contributed by atoms with van der Waals surface area (Å²) in [5.41, 5.74) is 0. The Labute approximate surface area is 77.8 Å². The minimum atomic E-state index is -5.25. The molecule has 0 amide bonds. The van der Waals surface area contributed by atoms with Gasteiger partial charge in [-0.05, 0) is 0 Å². The molecule has 0 saturated heterocycles. The third-order valence-corrected chi connectivity index (χ3v) is 3.33. The van der Waals surface area contributed by atoms with Gasteiger partial charge in [0.1, 0.15) is 20.4 Å². The van der Waals surface area contributed by atoms with E-state index >= 15 is 0 Å². The van der Waals surface area contributed by atoms with Crippen LogP contribution in [0, 0.1) is 0 Å². The van der Waals surface area contributed by atoms with Gasteiger partial charge in [-0.15, -0.1) is 0 Å². The van der Waals surface area contributed by atoms with Crippen molar-refractivity contribution >= 4 is 8.80 Å². The second-order valence-corrected chi connectivity index (χ2v) is 4.42. The third kappa shape index (κ3) is 3.16. The quantitative estimate of drug-likeness (QED) is 0.403. The second-order valence-electron chi connectivity index (χ2n) is 1.87. The second kappa shape index (κ2) is 5.60. The number of hydrogen-bond donors (Lipinski definition) is 3. The van der Waals surface area contributed by atoms with Gasteiger partial charge in [-0.2, -0.15) is 13.2 Å². The van der Waals surface area contributed by atoms with Crippen molar-refractivity contribution in [2.24, 2.45) is 0 Å². The van der Waals surface area contributed by atoms with Crippen molar-refractivity contribution in [3.05, 3.63) is 0 Å². The predicted molar refractivity (Wildman–Crippen MR) is 36.3 cm³/mol. The standard InChI is InChI=1S/C4H9F3O6Si/c5-4(6,7)14(11-1-8,12-2-9)13-3-10/h8-10H,1-3H2. The van der Waals surface area contributed by atoms with Crippen LogP contribution in [-0.2, 0) is 13.3 Å². The molecule has 0 saturated carbocycles. The number of aliphatic hydroxyl groups is 3. The maximum atomic E-state index is 12.3. The Morgan fingerprint density at radius 3 is 1.29 bits per heavy atom. The molecule has 0 aliphatic carbocycles. The number of halogens is 3. The molecule has 0 aromatic rings. The van der Waals surface area contributed by atoms with E-state index in [1.807, 2.05) is 0 Å². The van der Waals surface area contributed by atoms with Crippen LogP contribution in [0.4, 0.5) is 13.2 Å². The Morgan fingerprint density at radius 2 is 1.14 bits per heavy atom. The molecule has 0 rings (SSSR count). The maximum absolute atomic E-state index is 12.3. The molecule has 0 fully saturated rings. The van der Waals surface area contributed by atoms with Crippen molar-refractivity contribution in [2.75, 3.05) is 20.4 Å². The van der Waals surface area contributed by atoms with Crippen LogP contribution in [0.2, 0.25) is 0 Å². The molecule has 0 atom stereocenters. The Balaban J connectivity index is 4.73. The van der Waals surface area contributed by atoms with Crippen molar-refractivity contribution in [1.82, 2.24) is 0 Å². The van der Waals surface area contributed by atoms with Gasteiger partial charge in [0.05, 0.1) is 0 Å². The lowest BCUT2D eigenvalue weighted by molar-refractivity contribution is -0.168. The van der Waals surface area contributed by atoms with Crippen molar-refractivity contribution in [3.8, 4) is 0 Å². The average Bonchev–Trinajstić information content (AvgIpc) is 2.03. The molecule has 14 heavy (non-hydrogen) atoms. The Morgan fingerprint density at radius 1 is 0.857 bits per heavy atom. The summed E-state index contributed by atoms with van der Waals surface area (Å²) in [4.78, 5) is 0. The molecule has 0 unspecified atom stereocenters. The molecule has 3 N–H and O–H groups in total. The molecule has 0 spiro atoms. The van der Waals surface area contributed by atoms with Crippen LogP contribution in [0.15, 0.2) is 0 Å². The molecule has 0 radical (unpaired) electrons. The molecule has 0 aliphatic rings. The summed E-state index contributed by atoms with van der Waals surface area (Å²) in [6, 6.07) is 0. The number of rotatable bonds is 6. The summed E-state index contributed by atoms with van der Waals surface area (Å²) in [6.45, 7) is -3.90. The minimum Gasteiger partial charge on any atom is -0.372 e. The lowest BCUT2D eigenvalue weighted by Gasteiger charge is -2.28. The van der Waals surface area contributed by atoms with Gasteiger partial charge in [0.15, 0.2) is 0 Å². The molecule has 0 aliphatic heterocycles. The Hall–Kier alpha value is -0.233. The molecular formula is C4H9F3O6Si. The highest BCUT2D eigenvalue weighted by Gasteiger charge is 2.67. The lowest BCUT2D eigenvalue weighted by Crippen LogP contribution is -2.59. The zero-order chi connectivity index (χ0) is 11.2. The van der Waals surface area contributed by atoms with Gasteiger partial charge in [0.2, 0.25) is 0 Å². The largest absolute Gasteiger partial charge is 0.621 e. The van der Waals surface area contributed by atoms with Gasteiger partial charge < -0.3 is 28.6 Å². The van der Waals surface area contributed by atoms with Crippen LogP contribution < -0.4 is 0 Å². The van der Waals surface area contributed by atoms with Crippen LogP contribution in [0.1, 0.15) is 0 Å². The van der Waals surface area contributed by atoms with E-state index in [1.165, 1.54) is 0 Å². The van der Waals surface area contributed by atoms with E-state index in [-0.39, 0.29) is 0 Å². The first-order valence-corrected chi connectivity index (χ1v) is 4.97. The fraction of sp³-hybridized carbons (Fsp3) is 1.00. The first-order chi connectivity index (χ1) is 6.43. The van der Waals surface area contributed by atoms with Gasteiger partial charge in [0, 0.05) is 0 Å². The first-order valence-electron chi connectivity index (χ1n) is 3.24. The SMILES string of the molecule is OCO[Si](OCO)(OCO)C(F)(F)F. The summed E-state index contributed by atoms with van der Waals surface area (Å²) < 4.78 is 48.5. The summed E-state index contributed by atoms with van der Waals surface area (Å²) in [5.74, 6) is -5.04. The van der Waals surface area contributed by atoms with E-state index in [0.29, 0.717) is 0 Å². The molecule has 0 aromatic heterocycles. The minimum absolute atomic E-state index is 1.30. The van der Waals surface area contributed by atoms with Crippen molar-refractivity contribution in [1.29, 1.82) is 0 Å². The fourth-order valence-corrected chi connectivity index (χ4v) is 1.88. The van der Waals surface area contributed by atoms with Gasteiger partial charge in [0.25, 0.3) is 0 Å². The monoisotopic (exact) mass is 238 g/mol. The Bertz CT molecular complexity index is 147. The van der Waals surface area contributed by atoms with E-state index in [1.54, 1.807) is 0 Å². The van der Waals surface area contributed by atoms with E-state index in [4.69, 9.17) is 15.3 Å². The summed E-state index contributed by atoms with van der Waals surface area (Å²) in [5, 5.41) is 24.6. The van der Waals surface area contributed by atoms with Crippen LogP contribution in [-0.4, -0.2) is 50.3 Å². The van der Waals surface area contributed by atoms with Crippen molar-refractivity contribution in [3.63, 3.8) is 0 Å². The van der Waals surface area contributed by atoms with Crippen molar-refractivity contribution in [2.45, 2.75) is 5.80 Å². The highest BCUT2D eigenvalue weighted by atomic mass is 28.4. The van der Waals surface area contributed by atoms with Crippen LogP contribution in [0.5, 0.6) is 0 Å². The molecule has 86 valence electrons. The first kappa shape index (κ1) is 13.8. The smallest absolute Gasteiger partial charge is 0.372 e. The normalized spacial score (nSPS) is 13.3. The van der Waals surface area contributed by atoms with Gasteiger partial charge in [-0.3, -0.25) is 0 Å². The summed E-state index contributed by atoms with van der Waals surface area (Å²) in [7, 11) is -5.25. The number of hydrogen-bond acceptors (Lipinski definition) is 6. The van der Waals surface area contributed by atoms with E-state index in [2.05, 4.69) is 13.3 Å². The third-order valence-electron chi connectivity index (χ3n) is 1.11. The van der Waals surface area contributed by atoms with Crippen LogP contribution >= 0.6 is 0 Å². The molecule has 10 heteroatoms. The number of aliphatic hydroxyl groups excluding tert-OH is 3. The van der Waals surface area contributed by atoms with Crippen LogP contribution in [0.3, 0.4) is 0 Å². The van der Waals surface area contributed by atoms with Gasteiger partial charge in [-0.1, -0.05) is 0 Å². The summed E-state index contributed by atoms with van der Waals surface area (Å²) >= 11 is 0. The topological polar surface area (TPSA) is 88.4 Å². The highest BCUT2D eigenvalue weighted by molar-refractivity contribution is 6.62. The highest BCUT2D eigenvalue weighted by Crippen LogP contribution is 2.31. The predicted octanol–water partition coefficient (Wildman–Crippen LogP) is -1.07.